The second kappa shape index (κ2) is 6.02. The summed E-state index contributed by atoms with van der Waals surface area (Å²) in [5.74, 6) is -0.425. The number of methoxy groups -OCH3 is 1. The highest BCUT2D eigenvalue weighted by Gasteiger charge is 2.13. The van der Waals surface area contributed by atoms with E-state index in [-0.39, 0.29) is 6.42 Å². The van der Waals surface area contributed by atoms with Gasteiger partial charge in [-0.05, 0) is 30.2 Å². The molecule has 0 spiro atoms. The van der Waals surface area contributed by atoms with Crippen molar-refractivity contribution in [1.29, 1.82) is 5.26 Å². The van der Waals surface area contributed by atoms with E-state index in [0.717, 1.165) is 17.7 Å². The molecule has 2 rings (SSSR count). The van der Waals surface area contributed by atoms with E-state index in [2.05, 4.69) is 11.2 Å². The van der Waals surface area contributed by atoms with Crippen LogP contribution in [0.3, 0.4) is 0 Å². The molecule has 0 N–H and O–H groups in total. The molecular weight excluding hydrogens is 254 g/mol. The largest absolute Gasteiger partial charge is 0.465 e. The summed E-state index contributed by atoms with van der Waals surface area (Å²) in [6.45, 7) is 2.81. The van der Waals surface area contributed by atoms with Crippen LogP contribution in [0.1, 0.15) is 22.8 Å². The van der Waals surface area contributed by atoms with Crippen LogP contribution >= 0.6 is 0 Å². The van der Waals surface area contributed by atoms with Gasteiger partial charge in [0.1, 0.15) is 0 Å². The summed E-state index contributed by atoms with van der Waals surface area (Å²) in [5.41, 5.74) is 2.99. The Hall–Kier alpha value is -2.61. The smallest absolute Gasteiger partial charge is 0.338 e. The van der Waals surface area contributed by atoms with E-state index < -0.39 is 5.97 Å². The Morgan fingerprint density at radius 1 is 1.45 bits per heavy atom. The van der Waals surface area contributed by atoms with Crippen LogP contribution < -0.4 is 0 Å². The molecule has 1 aromatic heterocycles. The monoisotopic (exact) mass is 269 g/mol. The van der Waals surface area contributed by atoms with Crippen molar-refractivity contribution in [1.82, 2.24) is 9.78 Å². The lowest BCUT2D eigenvalue weighted by atomic mass is 9.99. The van der Waals surface area contributed by atoms with Crippen molar-refractivity contribution < 1.29 is 9.53 Å². The summed E-state index contributed by atoms with van der Waals surface area (Å²) in [6, 6.07) is 7.44. The molecule has 5 nitrogen and oxygen atoms in total. The molecule has 0 aliphatic rings. The molecule has 1 heterocycles. The van der Waals surface area contributed by atoms with E-state index in [4.69, 9.17) is 10.00 Å². The molecule has 0 bridgehead atoms. The van der Waals surface area contributed by atoms with Crippen LogP contribution in [-0.4, -0.2) is 22.9 Å². The summed E-state index contributed by atoms with van der Waals surface area (Å²) in [4.78, 5) is 11.7. The van der Waals surface area contributed by atoms with Gasteiger partial charge in [-0.2, -0.15) is 10.4 Å². The van der Waals surface area contributed by atoms with Gasteiger partial charge in [0.05, 0.1) is 31.4 Å². The van der Waals surface area contributed by atoms with Crippen molar-refractivity contribution in [2.75, 3.05) is 7.11 Å². The number of ether oxygens (including phenoxy) is 1. The van der Waals surface area contributed by atoms with Crippen molar-refractivity contribution in [3.05, 3.63) is 41.7 Å². The van der Waals surface area contributed by atoms with Gasteiger partial charge >= 0.3 is 5.97 Å². The van der Waals surface area contributed by atoms with Crippen molar-refractivity contribution in [3.8, 4) is 17.2 Å². The standard InChI is InChI=1S/C15H15N3O2/c1-3-18-10-13(9-17-18)11-4-5-14(15(19)20-2)12(8-11)6-7-16/h4-5,8-10H,3,6H2,1-2H3. The maximum atomic E-state index is 11.7. The van der Waals surface area contributed by atoms with Gasteiger partial charge in [0.15, 0.2) is 0 Å². The van der Waals surface area contributed by atoms with Crippen molar-refractivity contribution in [3.63, 3.8) is 0 Å². The fraction of sp³-hybridized carbons (Fsp3) is 0.267. The minimum Gasteiger partial charge on any atom is -0.465 e. The Kier molecular flexibility index (Phi) is 4.16. The Balaban J connectivity index is 2.44. The highest BCUT2D eigenvalue weighted by Crippen LogP contribution is 2.23. The van der Waals surface area contributed by atoms with Crippen molar-refractivity contribution >= 4 is 5.97 Å². The van der Waals surface area contributed by atoms with E-state index in [9.17, 15) is 4.79 Å². The highest BCUT2D eigenvalue weighted by atomic mass is 16.5. The molecule has 2 aromatic rings. The molecule has 0 fully saturated rings. The Labute approximate surface area is 117 Å². The van der Waals surface area contributed by atoms with E-state index in [0.29, 0.717) is 11.1 Å². The topological polar surface area (TPSA) is 67.9 Å². The van der Waals surface area contributed by atoms with Crippen LogP contribution in [0.25, 0.3) is 11.1 Å². The number of hydrogen-bond donors (Lipinski definition) is 0. The highest BCUT2D eigenvalue weighted by molar-refractivity contribution is 5.92. The first kappa shape index (κ1) is 13.8. The fourth-order valence-corrected chi connectivity index (χ4v) is 2.00. The number of nitriles is 1. The van der Waals surface area contributed by atoms with E-state index in [1.165, 1.54) is 7.11 Å². The average molecular weight is 269 g/mol. The first-order valence-electron chi connectivity index (χ1n) is 6.30. The molecule has 5 heteroatoms. The van der Waals surface area contributed by atoms with Gasteiger partial charge in [-0.1, -0.05) is 6.07 Å². The third kappa shape index (κ3) is 2.69. The minimum atomic E-state index is -0.425. The number of carbonyl (C=O) groups excluding carboxylic acids is 1. The molecular formula is C15H15N3O2. The number of hydrogen-bond acceptors (Lipinski definition) is 4. The van der Waals surface area contributed by atoms with Gasteiger partial charge < -0.3 is 4.74 Å². The van der Waals surface area contributed by atoms with Crippen LogP contribution in [-0.2, 0) is 17.7 Å². The lowest BCUT2D eigenvalue weighted by molar-refractivity contribution is 0.0599. The maximum absolute atomic E-state index is 11.7. The van der Waals surface area contributed by atoms with Gasteiger partial charge in [0.2, 0.25) is 0 Å². The molecule has 0 radical (unpaired) electrons. The Morgan fingerprint density at radius 3 is 2.85 bits per heavy atom. The quantitative estimate of drug-likeness (QED) is 0.799. The second-order valence-electron chi connectivity index (χ2n) is 4.28. The molecule has 0 atom stereocenters. The molecule has 0 aliphatic carbocycles. The Bertz CT molecular complexity index is 668. The van der Waals surface area contributed by atoms with Gasteiger partial charge in [-0.3, -0.25) is 4.68 Å². The number of rotatable bonds is 4. The molecule has 0 aliphatic heterocycles. The third-order valence-electron chi connectivity index (χ3n) is 3.07. The zero-order valence-corrected chi connectivity index (χ0v) is 11.5. The number of nitrogens with zero attached hydrogens (tertiary/aromatic N) is 3. The number of aromatic nitrogens is 2. The van der Waals surface area contributed by atoms with Crippen LogP contribution in [0.2, 0.25) is 0 Å². The predicted molar refractivity (Wildman–Crippen MR) is 74.0 cm³/mol. The van der Waals surface area contributed by atoms with Crippen LogP contribution in [0.5, 0.6) is 0 Å². The molecule has 0 unspecified atom stereocenters. The average Bonchev–Trinajstić information content (AvgIpc) is 2.95. The maximum Gasteiger partial charge on any atom is 0.338 e. The summed E-state index contributed by atoms with van der Waals surface area (Å²) >= 11 is 0. The van der Waals surface area contributed by atoms with E-state index in [1.54, 1.807) is 12.3 Å². The first-order valence-corrected chi connectivity index (χ1v) is 6.30. The van der Waals surface area contributed by atoms with Gasteiger partial charge in [-0.25, -0.2) is 4.79 Å². The summed E-state index contributed by atoms with van der Waals surface area (Å²) in [7, 11) is 1.33. The number of aryl methyl sites for hydroxylation is 1. The molecule has 0 amide bonds. The van der Waals surface area contributed by atoms with Gasteiger partial charge in [0, 0.05) is 18.3 Å². The number of carbonyl (C=O) groups is 1. The predicted octanol–water partition coefficient (Wildman–Crippen LogP) is 2.42. The molecule has 20 heavy (non-hydrogen) atoms. The SMILES string of the molecule is CCn1cc(-c2ccc(C(=O)OC)c(CC#N)c2)cn1. The van der Waals surface area contributed by atoms with Crippen LogP contribution in [0, 0.1) is 11.3 Å². The van der Waals surface area contributed by atoms with Gasteiger partial charge in [-0.15, -0.1) is 0 Å². The fourth-order valence-electron chi connectivity index (χ4n) is 2.00. The number of esters is 1. The zero-order chi connectivity index (χ0) is 14.5. The van der Waals surface area contributed by atoms with E-state index >= 15 is 0 Å². The summed E-state index contributed by atoms with van der Waals surface area (Å²) in [5, 5.41) is 13.1. The molecule has 0 saturated carbocycles. The first-order chi connectivity index (χ1) is 9.69. The third-order valence-corrected chi connectivity index (χ3v) is 3.07. The normalized spacial score (nSPS) is 10.1. The minimum absolute atomic E-state index is 0.167. The Morgan fingerprint density at radius 2 is 2.25 bits per heavy atom. The van der Waals surface area contributed by atoms with Crippen molar-refractivity contribution in [2.45, 2.75) is 19.9 Å². The second-order valence-corrected chi connectivity index (χ2v) is 4.28. The molecule has 0 saturated heterocycles. The van der Waals surface area contributed by atoms with Crippen molar-refractivity contribution in [2.24, 2.45) is 0 Å². The lowest BCUT2D eigenvalue weighted by Gasteiger charge is -2.07. The van der Waals surface area contributed by atoms with E-state index in [1.807, 2.05) is 29.9 Å². The molecule has 1 aromatic carbocycles. The summed E-state index contributed by atoms with van der Waals surface area (Å²) in [6.07, 6.45) is 3.87. The van der Waals surface area contributed by atoms with Gasteiger partial charge in [0.25, 0.3) is 0 Å². The zero-order valence-electron chi connectivity index (χ0n) is 11.5. The number of benzene rings is 1. The molecule has 102 valence electrons. The van der Waals surface area contributed by atoms with Crippen LogP contribution in [0.4, 0.5) is 0 Å². The lowest BCUT2D eigenvalue weighted by Crippen LogP contribution is -2.05. The summed E-state index contributed by atoms with van der Waals surface area (Å²) < 4.78 is 6.55. The van der Waals surface area contributed by atoms with Crippen LogP contribution in [0.15, 0.2) is 30.6 Å².